The molecule has 2 aromatic heterocycles. The van der Waals surface area contributed by atoms with Gasteiger partial charge in [0, 0.05) is 0 Å². The van der Waals surface area contributed by atoms with Gasteiger partial charge in [-0.05, 0) is 13.8 Å². The molecule has 2 rings (SSSR count). The molecule has 18 heavy (non-hydrogen) atoms. The monoisotopic (exact) mass is 250 g/mol. The summed E-state index contributed by atoms with van der Waals surface area (Å²) in [5.41, 5.74) is -2.54. The molecule has 1 atom stereocenters. The summed E-state index contributed by atoms with van der Waals surface area (Å²) < 4.78 is 1.07. The van der Waals surface area contributed by atoms with Gasteiger partial charge in [0.25, 0.3) is 11.1 Å². The minimum atomic E-state index is -0.792. The minimum absolute atomic E-state index is 0.161. The molecule has 0 amide bonds. The molecule has 0 aliphatic rings. The number of carbonyl (C=O) groups is 1. The smallest absolute Gasteiger partial charge is 0.301 e. The first kappa shape index (κ1) is 12.0. The molecule has 0 saturated carbocycles. The Kier molecular flexibility index (Phi) is 2.70. The van der Waals surface area contributed by atoms with Gasteiger partial charge in [-0.15, -0.1) is 0 Å². The zero-order valence-corrected chi connectivity index (χ0v) is 9.68. The Bertz CT molecular complexity index is 798. The van der Waals surface area contributed by atoms with Crippen molar-refractivity contribution in [3.8, 4) is 0 Å². The number of aromatic amines is 2. The van der Waals surface area contributed by atoms with E-state index in [4.69, 9.17) is 0 Å². The predicted molar refractivity (Wildman–Crippen MR) is 62.6 cm³/mol. The minimum Gasteiger partial charge on any atom is -0.301 e. The molecule has 2 aromatic rings. The third kappa shape index (κ3) is 1.77. The highest BCUT2D eigenvalue weighted by molar-refractivity contribution is 5.80. The van der Waals surface area contributed by atoms with E-state index in [1.54, 1.807) is 0 Å². The van der Waals surface area contributed by atoms with Crippen LogP contribution in [0.1, 0.15) is 19.9 Å². The van der Waals surface area contributed by atoms with Gasteiger partial charge in [-0.1, -0.05) is 0 Å². The van der Waals surface area contributed by atoms with Crippen LogP contribution in [0.2, 0.25) is 0 Å². The maximum Gasteiger partial charge on any atom is 0.326 e. The van der Waals surface area contributed by atoms with Crippen LogP contribution in [0, 0.1) is 0 Å². The van der Waals surface area contributed by atoms with Gasteiger partial charge in [-0.3, -0.25) is 23.9 Å². The molecule has 8 heteroatoms. The summed E-state index contributed by atoms with van der Waals surface area (Å²) in [4.78, 5) is 53.8. The number of Topliss-reactive ketones (excluding diaryl/α,β-unsaturated/α-hetero) is 1. The largest absolute Gasteiger partial charge is 0.326 e. The lowest BCUT2D eigenvalue weighted by Gasteiger charge is -2.11. The van der Waals surface area contributed by atoms with Gasteiger partial charge in [-0.2, -0.15) is 0 Å². The predicted octanol–water partition coefficient (Wildman–Crippen LogP) is -1.08. The molecule has 8 nitrogen and oxygen atoms in total. The summed E-state index contributed by atoms with van der Waals surface area (Å²) >= 11 is 0. The van der Waals surface area contributed by atoms with Crippen molar-refractivity contribution in [1.29, 1.82) is 0 Å². The van der Waals surface area contributed by atoms with Crippen LogP contribution in [0.15, 0.2) is 20.7 Å². The van der Waals surface area contributed by atoms with E-state index in [0.717, 1.165) is 10.9 Å². The average molecular weight is 250 g/mol. The van der Waals surface area contributed by atoms with Crippen LogP contribution >= 0.6 is 0 Å². The highest BCUT2D eigenvalue weighted by Gasteiger charge is 2.15. The van der Waals surface area contributed by atoms with Crippen LogP contribution in [0.4, 0.5) is 0 Å². The molecule has 0 aliphatic carbocycles. The van der Waals surface area contributed by atoms with Gasteiger partial charge in [0.05, 0.1) is 12.4 Å². The first-order valence-corrected chi connectivity index (χ1v) is 5.15. The molecule has 0 bridgehead atoms. The molecule has 2 N–H and O–H groups in total. The summed E-state index contributed by atoms with van der Waals surface area (Å²) in [6.45, 7) is 2.87. The fourth-order valence-corrected chi connectivity index (χ4v) is 1.53. The molecule has 0 aromatic carbocycles. The number of aromatic nitrogens is 4. The van der Waals surface area contributed by atoms with Crippen molar-refractivity contribution in [3.63, 3.8) is 0 Å². The van der Waals surface area contributed by atoms with Crippen LogP contribution in [-0.4, -0.2) is 25.3 Å². The summed E-state index contributed by atoms with van der Waals surface area (Å²) in [6.07, 6.45) is 1.12. The van der Waals surface area contributed by atoms with Gasteiger partial charge >= 0.3 is 5.69 Å². The second kappa shape index (κ2) is 4.06. The standard InChI is InChI=1S/C10H10N4O4/c1-4(5(2)15)14-3-11-6-7(9(14)17)12-10(18)13-8(6)16/h3-4H,1-2H3,(H2,12,13,16,18). The highest BCUT2D eigenvalue weighted by Crippen LogP contribution is 2.03. The first-order chi connectivity index (χ1) is 8.41. The Hall–Kier alpha value is -2.51. The molecule has 0 spiro atoms. The molecule has 0 aliphatic heterocycles. The van der Waals surface area contributed by atoms with Crippen molar-refractivity contribution in [2.24, 2.45) is 0 Å². The Morgan fingerprint density at radius 3 is 2.61 bits per heavy atom. The maximum atomic E-state index is 12.0. The molecular formula is C10H10N4O4. The molecule has 0 radical (unpaired) electrons. The van der Waals surface area contributed by atoms with E-state index in [0.29, 0.717) is 0 Å². The van der Waals surface area contributed by atoms with Crippen molar-refractivity contribution in [1.82, 2.24) is 19.5 Å². The molecule has 94 valence electrons. The Balaban J connectivity index is 2.88. The quantitative estimate of drug-likeness (QED) is 0.703. The zero-order chi connectivity index (χ0) is 13.4. The van der Waals surface area contributed by atoms with Gasteiger partial charge < -0.3 is 4.98 Å². The zero-order valence-electron chi connectivity index (χ0n) is 9.68. The van der Waals surface area contributed by atoms with E-state index < -0.39 is 22.9 Å². The number of rotatable bonds is 2. The molecular weight excluding hydrogens is 240 g/mol. The summed E-state index contributed by atoms with van der Waals surface area (Å²) in [6, 6.07) is -0.711. The number of ketones is 1. The summed E-state index contributed by atoms with van der Waals surface area (Å²) in [7, 11) is 0. The van der Waals surface area contributed by atoms with Crippen LogP contribution in [0.25, 0.3) is 11.0 Å². The van der Waals surface area contributed by atoms with Crippen molar-refractivity contribution in [3.05, 3.63) is 37.5 Å². The second-order valence-corrected chi connectivity index (χ2v) is 3.88. The lowest BCUT2D eigenvalue weighted by Crippen LogP contribution is -2.32. The first-order valence-electron chi connectivity index (χ1n) is 5.15. The summed E-state index contributed by atoms with van der Waals surface area (Å²) in [5.74, 6) is -0.231. The van der Waals surface area contributed by atoms with Crippen molar-refractivity contribution in [2.75, 3.05) is 0 Å². The van der Waals surface area contributed by atoms with Crippen LogP contribution in [0.5, 0.6) is 0 Å². The van der Waals surface area contributed by atoms with E-state index in [2.05, 4.69) is 9.97 Å². The van der Waals surface area contributed by atoms with E-state index in [9.17, 15) is 19.2 Å². The van der Waals surface area contributed by atoms with Gasteiger partial charge in [0.1, 0.15) is 5.52 Å². The number of fused-ring (bicyclic) bond motifs is 1. The molecule has 0 saturated heterocycles. The van der Waals surface area contributed by atoms with E-state index in [-0.39, 0.29) is 16.8 Å². The highest BCUT2D eigenvalue weighted by atomic mass is 16.2. The number of nitrogens with zero attached hydrogens (tertiary/aromatic N) is 2. The third-order valence-electron chi connectivity index (χ3n) is 2.68. The van der Waals surface area contributed by atoms with E-state index >= 15 is 0 Å². The van der Waals surface area contributed by atoms with Crippen molar-refractivity contribution >= 4 is 16.8 Å². The van der Waals surface area contributed by atoms with Crippen molar-refractivity contribution < 1.29 is 4.79 Å². The second-order valence-electron chi connectivity index (χ2n) is 3.88. The lowest BCUT2D eigenvalue weighted by molar-refractivity contribution is -0.119. The van der Waals surface area contributed by atoms with Gasteiger partial charge in [0.15, 0.2) is 11.3 Å². The summed E-state index contributed by atoms with van der Waals surface area (Å²) in [5, 5.41) is 0. The number of hydrogen-bond donors (Lipinski definition) is 2. The number of nitrogens with one attached hydrogen (secondary N) is 2. The third-order valence-corrected chi connectivity index (χ3v) is 2.68. The molecule has 2 heterocycles. The SMILES string of the molecule is CC(=O)C(C)n1cnc2c(=O)[nH]c(=O)[nH]c2c1=O. The normalized spacial score (nSPS) is 12.6. The number of H-pyrrole nitrogens is 2. The van der Waals surface area contributed by atoms with Crippen molar-refractivity contribution in [2.45, 2.75) is 19.9 Å². The van der Waals surface area contributed by atoms with Crippen LogP contribution in [-0.2, 0) is 4.79 Å². The Labute approximate surface area is 99.3 Å². The average Bonchev–Trinajstić information content (AvgIpc) is 2.29. The lowest BCUT2D eigenvalue weighted by atomic mass is 10.2. The topological polar surface area (TPSA) is 118 Å². The Morgan fingerprint density at radius 1 is 1.33 bits per heavy atom. The van der Waals surface area contributed by atoms with Crippen LogP contribution in [0.3, 0.4) is 0 Å². The number of carbonyl (C=O) groups excluding carboxylic acids is 1. The van der Waals surface area contributed by atoms with Crippen LogP contribution < -0.4 is 16.8 Å². The Morgan fingerprint density at radius 2 is 2.00 bits per heavy atom. The fourth-order valence-electron chi connectivity index (χ4n) is 1.53. The van der Waals surface area contributed by atoms with E-state index in [1.807, 2.05) is 4.98 Å². The molecule has 1 unspecified atom stereocenters. The maximum absolute atomic E-state index is 12.0. The fraction of sp³-hybridized carbons (Fsp3) is 0.300. The van der Waals surface area contributed by atoms with Gasteiger partial charge in [-0.25, -0.2) is 9.78 Å². The van der Waals surface area contributed by atoms with E-state index in [1.165, 1.54) is 13.8 Å². The molecule has 0 fully saturated rings. The number of hydrogen-bond acceptors (Lipinski definition) is 5. The van der Waals surface area contributed by atoms with Gasteiger partial charge in [0.2, 0.25) is 0 Å².